The van der Waals surface area contributed by atoms with Crippen molar-refractivity contribution in [3.05, 3.63) is 39.6 Å². The van der Waals surface area contributed by atoms with Crippen molar-refractivity contribution >= 4 is 28.4 Å². The van der Waals surface area contributed by atoms with Gasteiger partial charge in [-0.25, -0.2) is 4.98 Å². The van der Waals surface area contributed by atoms with Crippen molar-refractivity contribution in [2.75, 3.05) is 5.73 Å². The minimum atomic E-state index is -0.307. The molecule has 0 amide bonds. The van der Waals surface area contributed by atoms with E-state index in [-0.39, 0.29) is 11.5 Å². The van der Waals surface area contributed by atoms with Crippen LogP contribution >= 0.6 is 11.3 Å². The number of rotatable bonds is 0. The highest BCUT2D eigenvalue weighted by atomic mass is 32.1. The molecule has 3 aromatic rings. The van der Waals surface area contributed by atoms with E-state index < -0.39 is 0 Å². The molecule has 0 aliphatic rings. The number of nitrogens with zero attached hydrogens (tertiary/aromatic N) is 3. The molecule has 0 aliphatic carbocycles. The summed E-state index contributed by atoms with van der Waals surface area (Å²) in [6.45, 7) is 0. The minimum absolute atomic E-state index is 0.108. The first-order valence-corrected chi connectivity index (χ1v) is 5.77. The molecule has 0 aromatic carbocycles. The smallest absolute Gasteiger partial charge is 0.280 e. The largest absolute Gasteiger partial charge is 0.369 e. The fraction of sp³-hybridized carbons (Fsp3) is 0.100. The summed E-state index contributed by atoms with van der Waals surface area (Å²) < 4.78 is 1.64. The average Bonchev–Trinajstić information content (AvgIpc) is 2.92. The van der Waals surface area contributed by atoms with Crippen LogP contribution in [0.5, 0.6) is 0 Å². The standard InChI is InChI=1S/C6H7N5O.C4H4S/c1-11-2-8-3-4(11)9-6(7)10-5(3)12;1-2-4-5-3-1/h2H,1H3,(H3,7,9,10,12);1-4H. The van der Waals surface area contributed by atoms with Gasteiger partial charge in [0.25, 0.3) is 5.56 Å². The van der Waals surface area contributed by atoms with E-state index in [1.807, 2.05) is 22.9 Å². The molecule has 0 aliphatic heterocycles. The van der Waals surface area contributed by atoms with E-state index in [0.717, 1.165) is 0 Å². The third kappa shape index (κ3) is 2.51. The van der Waals surface area contributed by atoms with Gasteiger partial charge >= 0.3 is 0 Å². The van der Waals surface area contributed by atoms with Gasteiger partial charge in [-0.1, -0.05) is 12.1 Å². The van der Waals surface area contributed by atoms with Crippen LogP contribution in [0, 0.1) is 0 Å². The Hall–Kier alpha value is -2.15. The summed E-state index contributed by atoms with van der Waals surface area (Å²) in [7, 11) is 1.75. The molecule has 0 saturated carbocycles. The summed E-state index contributed by atoms with van der Waals surface area (Å²) in [6, 6.07) is 4.04. The van der Waals surface area contributed by atoms with Crippen molar-refractivity contribution in [1.82, 2.24) is 19.5 Å². The summed E-state index contributed by atoms with van der Waals surface area (Å²) in [5, 5.41) is 4.08. The number of anilines is 1. The fourth-order valence-electron chi connectivity index (χ4n) is 1.26. The second kappa shape index (κ2) is 4.79. The van der Waals surface area contributed by atoms with E-state index in [1.54, 1.807) is 23.0 Å². The number of fused-ring (bicyclic) bond motifs is 1. The summed E-state index contributed by atoms with van der Waals surface area (Å²) in [4.78, 5) is 21.3. The molecule has 0 radical (unpaired) electrons. The van der Waals surface area contributed by atoms with Crippen molar-refractivity contribution in [2.45, 2.75) is 0 Å². The van der Waals surface area contributed by atoms with E-state index in [4.69, 9.17) is 5.73 Å². The molecule has 6 nitrogen and oxygen atoms in total. The summed E-state index contributed by atoms with van der Waals surface area (Å²) in [6.07, 6.45) is 1.52. The van der Waals surface area contributed by atoms with Crippen LogP contribution in [0.1, 0.15) is 0 Å². The van der Waals surface area contributed by atoms with E-state index in [1.165, 1.54) is 6.33 Å². The Bertz CT molecular complexity index is 638. The normalized spacial score (nSPS) is 9.94. The van der Waals surface area contributed by atoms with Crippen LogP contribution in [-0.2, 0) is 7.05 Å². The molecule has 17 heavy (non-hydrogen) atoms. The number of imidazole rings is 1. The number of nitrogen functional groups attached to an aromatic ring is 1. The number of H-pyrrole nitrogens is 1. The van der Waals surface area contributed by atoms with Gasteiger partial charge in [0, 0.05) is 7.05 Å². The molecule has 3 rings (SSSR count). The Kier molecular flexibility index (Phi) is 3.20. The number of hydrogen-bond donors (Lipinski definition) is 2. The zero-order valence-corrected chi connectivity index (χ0v) is 9.94. The topological polar surface area (TPSA) is 89.6 Å². The van der Waals surface area contributed by atoms with Gasteiger partial charge in [-0.2, -0.15) is 16.3 Å². The second-order valence-corrected chi connectivity index (χ2v) is 4.09. The van der Waals surface area contributed by atoms with Crippen molar-refractivity contribution in [2.24, 2.45) is 7.05 Å². The molecule has 3 heterocycles. The van der Waals surface area contributed by atoms with Crippen molar-refractivity contribution in [1.29, 1.82) is 0 Å². The van der Waals surface area contributed by atoms with Crippen LogP contribution in [-0.4, -0.2) is 19.5 Å². The number of hydrogen-bond acceptors (Lipinski definition) is 5. The Morgan fingerprint density at radius 2 is 2.12 bits per heavy atom. The summed E-state index contributed by atoms with van der Waals surface area (Å²) in [5.41, 5.74) is 5.85. The molecule has 0 unspecified atom stereocenters. The third-order valence-electron chi connectivity index (χ3n) is 2.01. The molecule has 88 valence electrons. The number of aromatic nitrogens is 4. The number of nitrogens with one attached hydrogen (secondary N) is 1. The zero-order chi connectivity index (χ0) is 12.3. The predicted octanol–water partition coefficient (Wildman–Crippen LogP) is 0.987. The molecule has 0 spiro atoms. The van der Waals surface area contributed by atoms with Gasteiger partial charge in [0.1, 0.15) is 0 Å². The Balaban J connectivity index is 0.000000181. The Morgan fingerprint density at radius 1 is 1.41 bits per heavy atom. The lowest BCUT2D eigenvalue weighted by Gasteiger charge is -1.93. The fourth-order valence-corrected chi connectivity index (χ4v) is 1.71. The number of nitrogens with two attached hydrogens (primary N) is 1. The Morgan fingerprint density at radius 3 is 2.71 bits per heavy atom. The monoisotopic (exact) mass is 249 g/mol. The van der Waals surface area contributed by atoms with E-state index >= 15 is 0 Å². The van der Waals surface area contributed by atoms with E-state index in [9.17, 15) is 4.79 Å². The van der Waals surface area contributed by atoms with Crippen LogP contribution in [0.3, 0.4) is 0 Å². The maximum atomic E-state index is 11.2. The molecule has 0 atom stereocenters. The average molecular weight is 249 g/mol. The predicted molar refractivity (Wildman–Crippen MR) is 67.9 cm³/mol. The summed E-state index contributed by atoms with van der Waals surface area (Å²) >= 11 is 1.71. The highest BCUT2D eigenvalue weighted by Gasteiger charge is 2.05. The number of aromatic amines is 1. The number of aryl methyl sites for hydroxylation is 1. The van der Waals surface area contributed by atoms with Gasteiger partial charge in [-0.05, 0) is 10.8 Å². The molecule has 0 fully saturated rings. The quantitative estimate of drug-likeness (QED) is 0.621. The maximum absolute atomic E-state index is 11.2. The van der Waals surface area contributed by atoms with Crippen molar-refractivity contribution < 1.29 is 0 Å². The van der Waals surface area contributed by atoms with Crippen LogP contribution in [0.4, 0.5) is 5.95 Å². The number of thiophene rings is 1. The van der Waals surface area contributed by atoms with E-state index in [0.29, 0.717) is 11.2 Å². The summed E-state index contributed by atoms with van der Waals surface area (Å²) in [5.74, 6) is 0.108. The zero-order valence-electron chi connectivity index (χ0n) is 9.12. The van der Waals surface area contributed by atoms with Gasteiger partial charge in [0.05, 0.1) is 6.33 Å². The van der Waals surface area contributed by atoms with Gasteiger partial charge in [0.15, 0.2) is 11.2 Å². The van der Waals surface area contributed by atoms with Crippen molar-refractivity contribution in [3.8, 4) is 0 Å². The molecule has 0 saturated heterocycles. The van der Waals surface area contributed by atoms with Gasteiger partial charge in [-0.15, -0.1) is 0 Å². The molecular formula is C10H11N5OS. The molecule has 7 heteroatoms. The first-order chi connectivity index (χ1) is 8.18. The lowest BCUT2D eigenvalue weighted by molar-refractivity contribution is 0.929. The van der Waals surface area contributed by atoms with E-state index in [2.05, 4.69) is 15.0 Å². The van der Waals surface area contributed by atoms with Crippen LogP contribution < -0.4 is 11.3 Å². The van der Waals surface area contributed by atoms with Crippen LogP contribution in [0.25, 0.3) is 11.2 Å². The first-order valence-electron chi connectivity index (χ1n) is 4.82. The second-order valence-electron chi connectivity index (χ2n) is 3.27. The SMILES string of the molecule is Cn1cnc2c(=O)[nH]c(N)nc21.c1ccsc1. The van der Waals surface area contributed by atoms with Crippen LogP contribution in [0.15, 0.2) is 34.0 Å². The van der Waals surface area contributed by atoms with Gasteiger partial charge < -0.3 is 10.3 Å². The lowest BCUT2D eigenvalue weighted by Crippen LogP contribution is -2.11. The maximum Gasteiger partial charge on any atom is 0.280 e. The highest BCUT2D eigenvalue weighted by Crippen LogP contribution is 2.02. The van der Waals surface area contributed by atoms with Gasteiger partial charge in [-0.3, -0.25) is 9.78 Å². The lowest BCUT2D eigenvalue weighted by atomic mass is 10.5. The molecule has 3 aromatic heterocycles. The van der Waals surface area contributed by atoms with Gasteiger partial charge in [0.2, 0.25) is 5.95 Å². The minimum Gasteiger partial charge on any atom is -0.369 e. The van der Waals surface area contributed by atoms with Crippen molar-refractivity contribution in [3.63, 3.8) is 0 Å². The first kappa shape index (κ1) is 11.3. The molecule has 3 N–H and O–H groups in total. The Labute approximate surface area is 101 Å². The molecular weight excluding hydrogens is 238 g/mol. The van der Waals surface area contributed by atoms with Crippen LogP contribution in [0.2, 0.25) is 0 Å². The molecule has 0 bridgehead atoms. The third-order valence-corrected chi connectivity index (χ3v) is 2.64. The highest BCUT2D eigenvalue weighted by molar-refractivity contribution is 7.07.